The quantitative estimate of drug-likeness (QED) is 0.872. The molecule has 0 bridgehead atoms. The second-order valence-corrected chi connectivity index (χ2v) is 6.62. The van der Waals surface area contributed by atoms with Crippen LogP contribution in [0.15, 0.2) is 30.5 Å². The highest BCUT2D eigenvalue weighted by Crippen LogP contribution is 2.28. The summed E-state index contributed by atoms with van der Waals surface area (Å²) < 4.78 is 0. The van der Waals surface area contributed by atoms with Gasteiger partial charge in [-0.25, -0.2) is 4.98 Å². The van der Waals surface area contributed by atoms with Crippen molar-refractivity contribution in [2.24, 2.45) is 5.92 Å². The van der Waals surface area contributed by atoms with E-state index in [0.717, 1.165) is 18.2 Å². The summed E-state index contributed by atoms with van der Waals surface area (Å²) in [7, 11) is 2.06. The Balaban J connectivity index is 1.99. The summed E-state index contributed by atoms with van der Waals surface area (Å²) in [5, 5.41) is 4.49. The Kier molecular flexibility index (Phi) is 5.15. The number of benzene rings is 1. The smallest absolute Gasteiger partial charge is 0.189 e. The number of nitrogens with zero attached hydrogens (tertiary/aromatic N) is 2. The molecule has 0 aliphatic heterocycles. The van der Waals surface area contributed by atoms with Crippen LogP contribution in [0.5, 0.6) is 0 Å². The molecule has 2 aromatic rings. The first-order chi connectivity index (χ1) is 9.56. The van der Waals surface area contributed by atoms with E-state index < -0.39 is 0 Å². The zero-order chi connectivity index (χ0) is 14.5. The number of hydrogen-bond acceptors (Lipinski definition) is 4. The Labute approximate surface area is 125 Å². The molecule has 0 spiro atoms. The molecule has 1 aromatic heterocycles. The van der Waals surface area contributed by atoms with Crippen LogP contribution in [0.3, 0.4) is 0 Å². The van der Waals surface area contributed by atoms with E-state index in [-0.39, 0.29) is 0 Å². The third kappa shape index (κ3) is 4.05. The van der Waals surface area contributed by atoms with Gasteiger partial charge in [-0.05, 0) is 31.5 Å². The van der Waals surface area contributed by atoms with Gasteiger partial charge in [0.05, 0.1) is 0 Å². The largest absolute Gasteiger partial charge is 0.321 e. The predicted octanol–water partition coefficient (Wildman–Crippen LogP) is 3.97. The van der Waals surface area contributed by atoms with Gasteiger partial charge in [0.1, 0.15) is 0 Å². The number of aryl methyl sites for hydroxylation is 1. The lowest BCUT2D eigenvalue weighted by Crippen LogP contribution is -2.18. The van der Waals surface area contributed by atoms with Crippen molar-refractivity contribution in [1.29, 1.82) is 0 Å². The van der Waals surface area contributed by atoms with Gasteiger partial charge in [-0.2, -0.15) is 0 Å². The number of nitrogens with one attached hydrogen (secondary N) is 1. The number of rotatable bonds is 6. The minimum Gasteiger partial charge on any atom is -0.321 e. The van der Waals surface area contributed by atoms with Gasteiger partial charge in [-0.3, -0.25) is 0 Å². The monoisotopic (exact) mass is 289 g/mol. The summed E-state index contributed by atoms with van der Waals surface area (Å²) in [6.07, 6.45) is 1.97. The fraction of sp³-hybridized carbons (Fsp3) is 0.438. The maximum atomic E-state index is 4.52. The number of thiazole rings is 1. The summed E-state index contributed by atoms with van der Waals surface area (Å²) in [5.41, 5.74) is 2.45. The molecule has 20 heavy (non-hydrogen) atoms. The molecule has 0 unspecified atom stereocenters. The van der Waals surface area contributed by atoms with E-state index in [1.807, 2.05) is 6.20 Å². The Morgan fingerprint density at radius 1 is 1.25 bits per heavy atom. The summed E-state index contributed by atoms with van der Waals surface area (Å²) in [5.74, 6) is 0.678. The lowest BCUT2D eigenvalue weighted by Gasteiger charge is -2.15. The SMILES string of the molecule is Cc1ccc(N(C)c2ncc(CNCC(C)C)s2)cc1. The van der Waals surface area contributed by atoms with Gasteiger partial charge in [0.25, 0.3) is 0 Å². The third-order valence-corrected chi connectivity index (χ3v) is 4.18. The molecule has 4 heteroatoms. The molecule has 0 saturated heterocycles. The van der Waals surface area contributed by atoms with Crippen molar-refractivity contribution >= 4 is 22.2 Å². The van der Waals surface area contributed by atoms with Crippen LogP contribution in [-0.4, -0.2) is 18.6 Å². The van der Waals surface area contributed by atoms with Crippen LogP contribution in [0.25, 0.3) is 0 Å². The molecule has 0 aliphatic carbocycles. The van der Waals surface area contributed by atoms with Crippen molar-refractivity contribution in [1.82, 2.24) is 10.3 Å². The van der Waals surface area contributed by atoms with Gasteiger partial charge in [0, 0.05) is 30.4 Å². The number of aromatic nitrogens is 1. The molecule has 0 amide bonds. The molecular formula is C16H23N3S. The number of anilines is 2. The highest BCUT2D eigenvalue weighted by Gasteiger charge is 2.09. The van der Waals surface area contributed by atoms with Crippen molar-refractivity contribution in [2.75, 3.05) is 18.5 Å². The molecule has 1 heterocycles. The second kappa shape index (κ2) is 6.86. The van der Waals surface area contributed by atoms with Crippen LogP contribution in [0.2, 0.25) is 0 Å². The van der Waals surface area contributed by atoms with E-state index in [0.29, 0.717) is 5.92 Å². The minimum absolute atomic E-state index is 0.678. The normalized spacial score (nSPS) is 11.1. The van der Waals surface area contributed by atoms with Gasteiger partial charge < -0.3 is 10.2 Å². The Bertz CT molecular complexity index is 531. The number of hydrogen-bond donors (Lipinski definition) is 1. The molecule has 0 aliphatic rings. The van der Waals surface area contributed by atoms with Crippen LogP contribution in [0, 0.1) is 12.8 Å². The second-order valence-electron chi connectivity index (χ2n) is 5.53. The molecule has 0 radical (unpaired) electrons. The fourth-order valence-corrected chi connectivity index (χ4v) is 2.76. The van der Waals surface area contributed by atoms with Gasteiger partial charge in [0.2, 0.25) is 0 Å². The maximum Gasteiger partial charge on any atom is 0.189 e. The molecule has 0 atom stereocenters. The summed E-state index contributed by atoms with van der Waals surface area (Å²) in [6, 6.07) is 8.52. The van der Waals surface area contributed by atoms with Gasteiger partial charge in [-0.15, -0.1) is 11.3 Å². The van der Waals surface area contributed by atoms with Crippen molar-refractivity contribution in [3.8, 4) is 0 Å². The first-order valence-electron chi connectivity index (χ1n) is 7.02. The predicted molar refractivity (Wildman–Crippen MR) is 87.9 cm³/mol. The van der Waals surface area contributed by atoms with Gasteiger partial charge >= 0.3 is 0 Å². The van der Waals surface area contributed by atoms with Crippen molar-refractivity contribution < 1.29 is 0 Å². The highest BCUT2D eigenvalue weighted by atomic mass is 32.1. The topological polar surface area (TPSA) is 28.2 Å². The van der Waals surface area contributed by atoms with Crippen molar-refractivity contribution in [3.05, 3.63) is 40.9 Å². The average molecular weight is 289 g/mol. The van der Waals surface area contributed by atoms with Crippen molar-refractivity contribution in [3.63, 3.8) is 0 Å². The van der Waals surface area contributed by atoms with E-state index in [1.165, 1.54) is 16.1 Å². The zero-order valence-corrected chi connectivity index (χ0v) is 13.5. The highest BCUT2D eigenvalue weighted by molar-refractivity contribution is 7.15. The fourth-order valence-electron chi connectivity index (χ4n) is 1.90. The van der Waals surface area contributed by atoms with Crippen LogP contribution < -0.4 is 10.2 Å². The van der Waals surface area contributed by atoms with Crippen LogP contribution in [-0.2, 0) is 6.54 Å². The first kappa shape index (κ1) is 15.0. The van der Waals surface area contributed by atoms with Crippen LogP contribution in [0.1, 0.15) is 24.3 Å². The summed E-state index contributed by atoms with van der Waals surface area (Å²) in [4.78, 5) is 7.93. The lowest BCUT2D eigenvalue weighted by molar-refractivity contribution is 0.554. The molecule has 2 rings (SSSR count). The average Bonchev–Trinajstić information content (AvgIpc) is 2.87. The van der Waals surface area contributed by atoms with E-state index in [1.54, 1.807) is 11.3 Å². The summed E-state index contributed by atoms with van der Waals surface area (Å²) in [6.45, 7) is 8.48. The van der Waals surface area contributed by atoms with E-state index >= 15 is 0 Å². The standard InChI is InChI=1S/C16H23N3S/c1-12(2)9-17-10-15-11-18-16(20-15)19(4)14-7-5-13(3)6-8-14/h5-8,11-12,17H,9-10H2,1-4H3. The molecule has 1 aromatic carbocycles. The van der Waals surface area contributed by atoms with Gasteiger partial charge in [-0.1, -0.05) is 31.5 Å². The first-order valence-corrected chi connectivity index (χ1v) is 7.83. The summed E-state index contributed by atoms with van der Waals surface area (Å²) >= 11 is 1.74. The molecule has 3 nitrogen and oxygen atoms in total. The van der Waals surface area contributed by atoms with E-state index in [2.05, 4.69) is 67.3 Å². The third-order valence-electron chi connectivity index (χ3n) is 3.10. The van der Waals surface area contributed by atoms with Gasteiger partial charge in [0.15, 0.2) is 5.13 Å². The Hall–Kier alpha value is -1.39. The molecule has 108 valence electrons. The van der Waals surface area contributed by atoms with Crippen molar-refractivity contribution in [2.45, 2.75) is 27.3 Å². The van der Waals surface area contributed by atoms with Crippen LogP contribution in [0.4, 0.5) is 10.8 Å². The van der Waals surface area contributed by atoms with E-state index in [4.69, 9.17) is 0 Å². The molecular weight excluding hydrogens is 266 g/mol. The minimum atomic E-state index is 0.678. The van der Waals surface area contributed by atoms with Crippen LogP contribution >= 0.6 is 11.3 Å². The Morgan fingerprint density at radius 2 is 1.95 bits per heavy atom. The maximum absolute atomic E-state index is 4.52. The lowest BCUT2D eigenvalue weighted by atomic mass is 10.2. The molecule has 0 saturated carbocycles. The molecule has 0 fully saturated rings. The molecule has 1 N–H and O–H groups in total. The zero-order valence-electron chi connectivity index (χ0n) is 12.7. The van der Waals surface area contributed by atoms with E-state index in [9.17, 15) is 0 Å². The Morgan fingerprint density at radius 3 is 2.60 bits per heavy atom.